The fourth-order valence-corrected chi connectivity index (χ4v) is 4.77. The van der Waals surface area contributed by atoms with Gasteiger partial charge in [-0.2, -0.15) is 0 Å². The molecular weight excluding hydrogens is 347 g/mol. The van der Waals surface area contributed by atoms with Gasteiger partial charge in [-0.1, -0.05) is 48.5 Å². The van der Waals surface area contributed by atoms with Crippen molar-refractivity contribution >= 4 is 57.9 Å². The number of alkyl halides is 1. The van der Waals surface area contributed by atoms with Crippen molar-refractivity contribution in [3.8, 4) is 0 Å². The average Bonchev–Trinajstić information content (AvgIpc) is 2.54. The van der Waals surface area contributed by atoms with E-state index in [1.165, 1.54) is 6.08 Å². The Morgan fingerprint density at radius 3 is 2.38 bits per heavy atom. The summed E-state index contributed by atoms with van der Waals surface area (Å²) in [7, 11) is -4.65. The van der Waals surface area contributed by atoms with Gasteiger partial charge >= 0.3 is 7.60 Å². The van der Waals surface area contributed by atoms with Crippen LogP contribution in [0.3, 0.4) is 0 Å². The highest BCUT2D eigenvalue weighted by atomic mass is 35.5. The molecule has 0 bridgehead atoms. The van der Waals surface area contributed by atoms with Gasteiger partial charge in [0.05, 0.1) is 5.31 Å². The maximum atomic E-state index is 12.2. The fourth-order valence-electron chi connectivity index (χ4n) is 3.28. The number of carbonyl (C=O) groups is 1. The first-order valence-corrected chi connectivity index (χ1v) is 9.33. The zero-order valence-electron chi connectivity index (χ0n) is 12.3. The number of hydrogen-bond acceptors (Lipinski definition) is 2. The molecule has 0 aromatic heterocycles. The fraction of sp³-hybridized carbons (Fsp3) is 0.0556. The first kappa shape index (κ1) is 15.6. The van der Waals surface area contributed by atoms with Crippen molar-refractivity contribution in [2.24, 2.45) is 0 Å². The highest BCUT2D eigenvalue weighted by Gasteiger charge is 2.34. The minimum Gasteiger partial charge on any atom is -0.321 e. The third-order valence-corrected chi connectivity index (χ3v) is 6.05. The van der Waals surface area contributed by atoms with E-state index < -0.39 is 18.8 Å². The summed E-state index contributed by atoms with van der Waals surface area (Å²) in [4.78, 5) is 31.5. The predicted octanol–water partition coefficient (Wildman–Crippen LogP) is 2.25. The molecule has 0 saturated heterocycles. The quantitative estimate of drug-likeness (QED) is 0.397. The SMILES string of the molecule is O=C1C=c2c(ccc3c2ccc2ccccc23)=C(P(=O)(O)O)C1Cl. The second-order valence-corrected chi connectivity index (χ2v) is 7.75. The molecule has 120 valence electrons. The number of fused-ring (bicyclic) bond motifs is 5. The third kappa shape index (κ3) is 2.23. The van der Waals surface area contributed by atoms with Gasteiger partial charge in [-0.05, 0) is 38.1 Å². The minimum atomic E-state index is -4.65. The predicted molar refractivity (Wildman–Crippen MR) is 95.3 cm³/mol. The van der Waals surface area contributed by atoms with Gasteiger partial charge in [-0.25, -0.2) is 0 Å². The van der Waals surface area contributed by atoms with Gasteiger partial charge in [-0.3, -0.25) is 9.36 Å². The summed E-state index contributed by atoms with van der Waals surface area (Å²) in [5, 5.41) is 2.97. The normalized spacial score (nSPS) is 17.9. The third-order valence-electron chi connectivity index (χ3n) is 4.33. The molecule has 2 N–H and O–H groups in total. The second kappa shape index (κ2) is 5.27. The number of rotatable bonds is 1. The lowest BCUT2D eigenvalue weighted by Gasteiger charge is -2.18. The summed E-state index contributed by atoms with van der Waals surface area (Å²) in [6.07, 6.45) is 1.38. The van der Waals surface area contributed by atoms with Crippen molar-refractivity contribution in [3.63, 3.8) is 0 Å². The van der Waals surface area contributed by atoms with Crippen molar-refractivity contribution in [2.75, 3.05) is 0 Å². The van der Waals surface area contributed by atoms with Crippen LogP contribution in [0.1, 0.15) is 0 Å². The molecule has 0 aliphatic heterocycles. The zero-order chi connectivity index (χ0) is 17.1. The molecule has 0 fully saturated rings. The molecular formula is C18H12ClO4P. The van der Waals surface area contributed by atoms with E-state index in [1.807, 2.05) is 42.5 Å². The van der Waals surface area contributed by atoms with E-state index in [4.69, 9.17) is 11.6 Å². The first-order valence-electron chi connectivity index (χ1n) is 7.28. The Morgan fingerprint density at radius 1 is 0.917 bits per heavy atom. The Hall–Kier alpha value is -1.97. The van der Waals surface area contributed by atoms with Crippen LogP contribution >= 0.6 is 19.2 Å². The smallest absolute Gasteiger partial charge is 0.321 e. The van der Waals surface area contributed by atoms with Crippen LogP contribution in [0.15, 0.2) is 48.5 Å². The van der Waals surface area contributed by atoms with Crippen LogP contribution in [-0.2, 0) is 9.36 Å². The van der Waals surface area contributed by atoms with E-state index in [0.29, 0.717) is 10.4 Å². The van der Waals surface area contributed by atoms with Crippen molar-refractivity contribution in [2.45, 2.75) is 5.38 Å². The van der Waals surface area contributed by atoms with Crippen LogP contribution in [-0.4, -0.2) is 20.9 Å². The molecule has 0 amide bonds. The Morgan fingerprint density at radius 2 is 1.62 bits per heavy atom. The van der Waals surface area contributed by atoms with Crippen LogP contribution in [0.5, 0.6) is 0 Å². The molecule has 3 aromatic carbocycles. The average molecular weight is 359 g/mol. The number of carbonyl (C=O) groups excluding carboxylic acids is 1. The van der Waals surface area contributed by atoms with Crippen LogP contribution in [0.4, 0.5) is 0 Å². The van der Waals surface area contributed by atoms with E-state index >= 15 is 0 Å². The van der Waals surface area contributed by atoms with Crippen molar-refractivity contribution in [1.29, 1.82) is 0 Å². The molecule has 1 unspecified atom stereocenters. The Kier molecular flexibility index (Phi) is 3.41. The summed E-state index contributed by atoms with van der Waals surface area (Å²) in [6.45, 7) is 0. The van der Waals surface area contributed by atoms with Crippen molar-refractivity contribution in [1.82, 2.24) is 0 Å². The molecule has 4 nitrogen and oxygen atoms in total. The van der Waals surface area contributed by atoms with Crippen LogP contribution in [0.2, 0.25) is 0 Å². The summed E-state index contributed by atoms with van der Waals surface area (Å²) in [5.74, 6) is -0.511. The van der Waals surface area contributed by atoms with Gasteiger partial charge in [0.2, 0.25) is 0 Å². The molecule has 0 radical (unpaired) electrons. The largest absolute Gasteiger partial charge is 0.354 e. The topological polar surface area (TPSA) is 74.6 Å². The molecule has 3 aromatic rings. The molecule has 0 saturated carbocycles. The maximum Gasteiger partial charge on any atom is 0.354 e. The highest BCUT2D eigenvalue weighted by Crippen LogP contribution is 2.49. The first-order chi connectivity index (χ1) is 11.4. The van der Waals surface area contributed by atoms with Gasteiger partial charge < -0.3 is 9.79 Å². The van der Waals surface area contributed by atoms with E-state index in [2.05, 4.69) is 0 Å². The Bertz CT molecular complexity index is 1190. The molecule has 1 atom stereocenters. The number of hydrogen-bond donors (Lipinski definition) is 2. The van der Waals surface area contributed by atoms with Crippen molar-refractivity contribution < 1.29 is 19.1 Å². The minimum absolute atomic E-state index is 0.318. The Balaban J connectivity index is 2.28. The lowest BCUT2D eigenvalue weighted by Crippen LogP contribution is -2.38. The summed E-state index contributed by atoms with van der Waals surface area (Å²) in [5.41, 5.74) is 0. The molecule has 24 heavy (non-hydrogen) atoms. The summed E-state index contributed by atoms with van der Waals surface area (Å²) >= 11 is 5.98. The van der Waals surface area contributed by atoms with Gasteiger partial charge in [0.15, 0.2) is 5.78 Å². The van der Waals surface area contributed by atoms with E-state index in [-0.39, 0.29) is 5.31 Å². The van der Waals surface area contributed by atoms with Crippen LogP contribution in [0, 0.1) is 0 Å². The van der Waals surface area contributed by atoms with Gasteiger partial charge in [0.1, 0.15) is 5.38 Å². The van der Waals surface area contributed by atoms with E-state index in [1.54, 1.807) is 6.07 Å². The van der Waals surface area contributed by atoms with Gasteiger partial charge in [-0.15, -0.1) is 11.6 Å². The zero-order valence-corrected chi connectivity index (χ0v) is 14.0. The molecule has 0 spiro atoms. The summed E-state index contributed by atoms with van der Waals surface area (Å²) in [6, 6.07) is 15.1. The van der Waals surface area contributed by atoms with E-state index in [0.717, 1.165) is 21.5 Å². The number of halogens is 1. The molecule has 1 aliphatic carbocycles. The lowest BCUT2D eigenvalue weighted by atomic mass is 9.96. The van der Waals surface area contributed by atoms with Gasteiger partial charge in [0, 0.05) is 0 Å². The number of benzene rings is 3. The molecule has 6 heteroatoms. The standard InChI is InChI=1S/C18H12ClO4P/c19-17-16(20)9-15-13-6-5-10-3-1-2-4-11(10)12(13)7-8-14(15)18(17)24(21,22)23/h1-9,17H,(H2,21,22,23). The number of Topliss-reactive ketones (excluding diaryl/α,β-unsaturated/α-hetero) is 1. The highest BCUT2D eigenvalue weighted by molar-refractivity contribution is 7.63. The molecule has 1 aliphatic rings. The molecule has 0 heterocycles. The maximum absolute atomic E-state index is 12.2. The number of ketones is 1. The van der Waals surface area contributed by atoms with E-state index in [9.17, 15) is 19.1 Å². The van der Waals surface area contributed by atoms with Crippen LogP contribution in [0.25, 0.3) is 32.9 Å². The van der Waals surface area contributed by atoms with Crippen LogP contribution < -0.4 is 10.4 Å². The lowest BCUT2D eigenvalue weighted by molar-refractivity contribution is -0.112. The summed E-state index contributed by atoms with van der Waals surface area (Å²) < 4.78 is 11.9. The molecule has 4 rings (SSSR count). The van der Waals surface area contributed by atoms with Crippen molar-refractivity contribution in [3.05, 3.63) is 59.0 Å². The second-order valence-electron chi connectivity index (χ2n) is 5.75. The Labute approximate surface area is 141 Å². The van der Waals surface area contributed by atoms with Gasteiger partial charge in [0.25, 0.3) is 0 Å². The monoisotopic (exact) mass is 358 g/mol.